The molecule has 5 N–H and O–H groups in total. The molecule has 0 unspecified atom stereocenters. The number of carbonyl (C=O) groups excluding carboxylic acids is 3. The van der Waals surface area contributed by atoms with Crippen molar-refractivity contribution in [2.45, 2.75) is 68.7 Å². The zero-order valence-electron chi connectivity index (χ0n) is 25.6. The van der Waals surface area contributed by atoms with Crippen molar-refractivity contribution in [2.75, 3.05) is 40.5 Å². The van der Waals surface area contributed by atoms with E-state index in [9.17, 15) is 39.9 Å². The summed E-state index contributed by atoms with van der Waals surface area (Å²) in [5, 5.41) is 55.5. The Morgan fingerprint density at radius 1 is 1.09 bits per heavy atom. The van der Waals surface area contributed by atoms with Gasteiger partial charge in [0.2, 0.25) is 5.78 Å². The third-order valence-corrected chi connectivity index (χ3v) is 9.53. The van der Waals surface area contributed by atoms with Crippen molar-refractivity contribution < 1.29 is 63.6 Å². The number of phenols is 2. The Balaban J connectivity index is 1.43. The Labute approximate surface area is 264 Å². The Morgan fingerprint density at radius 2 is 1.83 bits per heavy atom. The number of benzene rings is 2. The van der Waals surface area contributed by atoms with Gasteiger partial charge in [-0.15, -0.1) is 0 Å². The molecule has 0 aromatic heterocycles. The fraction of sp³-hybridized carbons (Fsp3) is 0.531. The average molecular weight is 644 g/mol. The molecule has 14 heteroatoms. The number of aliphatic hydroxyl groups is 3. The third kappa shape index (κ3) is 5.18. The van der Waals surface area contributed by atoms with E-state index >= 15 is 0 Å². The van der Waals surface area contributed by atoms with Gasteiger partial charge in [0.1, 0.15) is 29.5 Å². The van der Waals surface area contributed by atoms with Gasteiger partial charge in [0, 0.05) is 62.2 Å². The number of Topliss-reactive ketones (excluding diaryl/α,β-unsaturated/α-hetero) is 1. The number of hydrogen-bond donors (Lipinski definition) is 5. The van der Waals surface area contributed by atoms with Gasteiger partial charge in [-0.25, -0.2) is 0 Å². The van der Waals surface area contributed by atoms with Gasteiger partial charge in [0.15, 0.2) is 24.1 Å². The molecule has 0 amide bonds. The summed E-state index contributed by atoms with van der Waals surface area (Å²) < 4.78 is 28.6. The first-order valence-corrected chi connectivity index (χ1v) is 15.0. The van der Waals surface area contributed by atoms with Crippen molar-refractivity contribution in [3.8, 4) is 17.2 Å². The van der Waals surface area contributed by atoms with Gasteiger partial charge in [-0.1, -0.05) is 12.1 Å². The summed E-state index contributed by atoms with van der Waals surface area (Å²) in [7, 11) is 2.85. The first-order valence-electron chi connectivity index (χ1n) is 15.0. The second kappa shape index (κ2) is 12.3. The number of nitrogens with zero attached hydrogens (tertiary/aromatic N) is 1. The normalized spacial score (nSPS) is 31.2. The third-order valence-electron chi connectivity index (χ3n) is 9.53. The first-order chi connectivity index (χ1) is 21.9. The van der Waals surface area contributed by atoms with E-state index in [2.05, 4.69) is 0 Å². The van der Waals surface area contributed by atoms with Crippen LogP contribution in [0.5, 0.6) is 17.2 Å². The maximum absolute atomic E-state index is 13.9. The van der Waals surface area contributed by atoms with Gasteiger partial charge in [-0.2, -0.15) is 0 Å². The molecule has 248 valence electrons. The van der Waals surface area contributed by atoms with Crippen molar-refractivity contribution in [3.63, 3.8) is 0 Å². The summed E-state index contributed by atoms with van der Waals surface area (Å²) in [4.78, 5) is 42.4. The Bertz CT molecular complexity index is 1580. The number of rotatable bonds is 7. The lowest BCUT2D eigenvalue weighted by Gasteiger charge is -2.47. The zero-order chi connectivity index (χ0) is 33.1. The molecule has 2 saturated heterocycles. The van der Waals surface area contributed by atoms with Crippen LogP contribution >= 0.6 is 0 Å². The second-order valence-corrected chi connectivity index (χ2v) is 12.1. The number of fused-ring (bicyclic) bond motifs is 3. The molecule has 14 nitrogen and oxygen atoms in total. The van der Waals surface area contributed by atoms with Crippen molar-refractivity contribution >= 4 is 17.3 Å². The van der Waals surface area contributed by atoms with Gasteiger partial charge >= 0.3 is 0 Å². The van der Waals surface area contributed by atoms with E-state index in [4.69, 9.17) is 23.7 Å². The van der Waals surface area contributed by atoms with Gasteiger partial charge in [-0.3, -0.25) is 19.3 Å². The molecule has 2 aromatic rings. The summed E-state index contributed by atoms with van der Waals surface area (Å²) in [5.41, 5.74) is -3.62. The lowest BCUT2D eigenvalue weighted by molar-refractivity contribution is -0.266. The molecular weight excluding hydrogens is 606 g/mol. The maximum atomic E-state index is 13.9. The summed E-state index contributed by atoms with van der Waals surface area (Å²) >= 11 is 0. The lowest BCUT2D eigenvalue weighted by Crippen LogP contribution is -2.59. The molecule has 2 fully saturated rings. The highest BCUT2D eigenvalue weighted by Gasteiger charge is 2.50. The number of aromatic hydroxyl groups is 2. The second-order valence-electron chi connectivity index (χ2n) is 12.1. The first kappa shape index (κ1) is 32.5. The SMILES string of the molecule is COc1cccc2c1C(=O)c1c(O)c3c(c(O)c1C2=O)C[C@@](O)(C(=O)CO)C[C@@H]3O[C@@H]1C[C@H](N2CCO[C@H](OC)C2)[C@H](O)[C@H](C)O1. The molecule has 4 aliphatic rings. The van der Waals surface area contributed by atoms with Crippen LogP contribution in [0, 0.1) is 0 Å². The molecule has 2 aromatic carbocycles. The predicted octanol–water partition coefficient (Wildman–Crippen LogP) is 0.347. The van der Waals surface area contributed by atoms with E-state index in [1.807, 2.05) is 4.90 Å². The quantitative estimate of drug-likeness (QED) is 0.221. The van der Waals surface area contributed by atoms with Crippen LogP contribution in [-0.4, -0.2) is 125 Å². The molecule has 0 spiro atoms. The molecule has 0 saturated carbocycles. The van der Waals surface area contributed by atoms with Crippen LogP contribution in [0.3, 0.4) is 0 Å². The van der Waals surface area contributed by atoms with Crippen LogP contribution in [-0.2, 0) is 30.2 Å². The number of aliphatic hydroxyl groups excluding tert-OH is 2. The van der Waals surface area contributed by atoms with Gasteiger partial charge in [0.05, 0.1) is 48.7 Å². The highest BCUT2D eigenvalue weighted by Crippen LogP contribution is 2.52. The van der Waals surface area contributed by atoms with E-state index in [-0.39, 0.29) is 34.4 Å². The zero-order valence-corrected chi connectivity index (χ0v) is 25.6. The van der Waals surface area contributed by atoms with Crippen molar-refractivity contribution in [1.82, 2.24) is 4.90 Å². The topological polar surface area (TPSA) is 202 Å². The van der Waals surface area contributed by atoms with E-state index in [0.717, 1.165) is 0 Å². The molecule has 2 aliphatic heterocycles. The number of phenolic OH excluding ortho intramolecular Hbond substituents is 2. The van der Waals surface area contributed by atoms with Crippen LogP contribution in [0.2, 0.25) is 0 Å². The number of carbonyl (C=O) groups is 3. The highest BCUT2D eigenvalue weighted by molar-refractivity contribution is 6.31. The number of hydrogen-bond acceptors (Lipinski definition) is 14. The largest absolute Gasteiger partial charge is 0.507 e. The molecule has 0 radical (unpaired) electrons. The minimum Gasteiger partial charge on any atom is -0.507 e. The molecule has 7 atom stereocenters. The maximum Gasteiger partial charge on any atom is 0.202 e. The van der Waals surface area contributed by atoms with Crippen LogP contribution in [0.25, 0.3) is 0 Å². The van der Waals surface area contributed by atoms with Crippen molar-refractivity contribution in [1.29, 1.82) is 0 Å². The van der Waals surface area contributed by atoms with Crippen molar-refractivity contribution in [2.24, 2.45) is 0 Å². The summed E-state index contributed by atoms with van der Waals surface area (Å²) in [5.74, 6) is -3.75. The molecule has 0 bridgehead atoms. The number of ketones is 3. The van der Waals surface area contributed by atoms with E-state index < -0.39 is 102 Å². The number of ether oxygens (including phenoxy) is 5. The van der Waals surface area contributed by atoms with Crippen molar-refractivity contribution in [3.05, 3.63) is 51.6 Å². The number of morpholine rings is 1. The fourth-order valence-electron chi connectivity index (χ4n) is 7.14. The molecule has 6 rings (SSSR count). The van der Waals surface area contributed by atoms with Crippen LogP contribution in [0.1, 0.15) is 68.8 Å². The van der Waals surface area contributed by atoms with Gasteiger partial charge in [-0.05, 0) is 13.0 Å². The molecule has 2 aliphatic carbocycles. The Hall–Kier alpha value is -3.47. The summed E-state index contributed by atoms with van der Waals surface area (Å²) in [6.45, 7) is 1.88. The minimum absolute atomic E-state index is 0.0511. The van der Waals surface area contributed by atoms with Crippen LogP contribution in [0.4, 0.5) is 0 Å². The minimum atomic E-state index is -2.26. The predicted molar refractivity (Wildman–Crippen MR) is 156 cm³/mol. The van der Waals surface area contributed by atoms with Gasteiger partial charge < -0.3 is 49.2 Å². The summed E-state index contributed by atoms with van der Waals surface area (Å²) in [6.07, 6.45) is -5.46. The lowest BCUT2D eigenvalue weighted by atomic mass is 9.72. The fourth-order valence-corrected chi connectivity index (χ4v) is 7.14. The number of methoxy groups -OCH3 is 2. The molecular formula is C32H37NO13. The standard InChI is InChI=1S/C32H37NO13/c1-14-27(36)17(33-7-8-44-22(12-33)43-3)9-21(45-14)46-19-11-32(41,20(35)13-34)10-16-24(19)31(40)26-25(29(16)38)28(37)15-5-4-6-18(42-2)23(15)30(26)39/h4-6,14,17,19,21-22,27,34,36,38,40-41H,7-13H2,1-3H3/t14-,17-,19-,21+,22-,27+,32-/m0/s1. The highest BCUT2D eigenvalue weighted by atomic mass is 16.7. The monoisotopic (exact) mass is 643 g/mol. The smallest absolute Gasteiger partial charge is 0.202 e. The summed E-state index contributed by atoms with van der Waals surface area (Å²) in [6, 6.07) is 3.93. The molecule has 2 heterocycles. The van der Waals surface area contributed by atoms with Crippen LogP contribution in [0.15, 0.2) is 18.2 Å². The van der Waals surface area contributed by atoms with E-state index in [1.165, 1.54) is 32.4 Å². The Kier molecular flexibility index (Phi) is 8.67. The van der Waals surface area contributed by atoms with E-state index in [0.29, 0.717) is 19.7 Å². The average Bonchev–Trinajstić information content (AvgIpc) is 3.05. The Morgan fingerprint density at radius 3 is 2.52 bits per heavy atom. The van der Waals surface area contributed by atoms with Crippen LogP contribution < -0.4 is 4.74 Å². The van der Waals surface area contributed by atoms with E-state index in [1.54, 1.807) is 6.92 Å². The van der Waals surface area contributed by atoms with Gasteiger partial charge in [0.25, 0.3) is 0 Å². The molecule has 46 heavy (non-hydrogen) atoms.